The van der Waals surface area contributed by atoms with Crippen molar-refractivity contribution in [1.29, 1.82) is 0 Å². The van der Waals surface area contributed by atoms with Gasteiger partial charge in [-0.2, -0.15) is 0 Å². The number of aliphatic hydroxyl groups is 1. The van der Waals surface area contributed by atoms with Gasteiger partial charge in [-0.05, 0) is 46.6 Å². The standard InChI is InChI=1S/C14H17BrN2O3S/c1-17-10-4-6-12(17)13(18)8-9-16-21(19,20)14-7-3-2-5-11(14)15/h2-7,10,13,16,18H,8-9H2,1H3. The number of aliphatic hydroxyl groups excluding tert-OH is 1. The highest BCUT2D eigenvalue weighted by atomic mass is 79.9. The van der Waals surface area contributed by atoms with E-state index in [4.69, 9.17) is 0 Å². The van der Waals surface area contributed by atoms with Gasteiger partial charge in [-0.15, -0.1) is 0 Å². The van der Waals surface area contributed by atoms with Crippen LogP contribution < -0.4 is 4.72 Å². The van der Waals surface area contributed by atoms with Crippen molar-refractivity contribution in [3.8, 4) is 0 Å². The molecule has 1 unspecified atom stereocenters. The Morgan fingerprint density at radius 2 is 2.00 bits per heavy atom. The summed E-state index contributed by atoms with van der Waals surface area (Å²) in [7, 11) is -1.74. The van der Waals surface area contributed by atoms with Crippen LogP contribution in [0.4, 0.5) is 0 Å². The third kappa shape index (κ3) is 3.94. The number of sulfonamides is 1. The topological polar surface area (TPSA) is 71.3 Å². The number of rotatable bonds is 6. The predicted molar refractivity (Wildman–Crippen MR) is 84.3 cm³/mol. The number of aryl methyl sites for hydroxylation is 1. The van der Waals surface area contributed by atoms with Gasteiger partial charge in [-0.1, -0.05) is 12.1 Å². The highest BCUT2D eigenvalue weighted by molar-refractivity contribution is 9.10. The van der Waals surface area contributed by atoms with Crippen molar-refractivity contribution >= 4 is 26.0 Å². The second kappa shape index (κ2) is 6.74. The SMILES string of the molecule is Cn1cccc1C(O)CCNS(=O)(=O)c1ccccc1Br. The summed E-state index contributed by atoms with van der Waals surface area (Å²) in [6, 6.07) is 10.3. The van der Waals surface area contributed by atoms with Gasteiger partial charge in [0.1, 0.15) is 0 Å². The average Bonchev–Trinajstić information content (AvgIpc) is 2.85. The van der Waals surface area contributed by atoms with Crippen molar-refractivity contribution in [3.05, 3.63) is 52.8 Å². The summed E-state index contributed by atoms with van der Waals surface area (Å²) in [5, 5.41) is 10.0. The van der Waals surface area contributed by atoms with E-state index in [0.717, 1.165) is 5.69 Å². The molecule has 0 saturated carbocycles. The van der Waals surface area contributed by atoms with E-state index in [1.165, 1.54) is 6.07 Å². The summed E-state index contributed by atoms with van der Waals surface area (Å²) in [5.74, 6) is 0. The van der Waals surface area contributed by atoms with Gasteiger partial charge in [-0.3, -0.25) is 0 Å². The Kier molecular flexibility index (Phi) is 5.21. The Bertz CT molecular complexity index is 713. The molecule has 5 nitrogen and oxygen atoms in total. The zero-order valence-electron chi connectivity index (χ0n) is 11.5. The number of hydrogen-bond donors (Lipinski definition) is 2. The molecule has 0 radical (unpaired) electrons. The Labute approximate surface area is 132 Å². The van der Waals surface area contributed by atoms with E-state index >= 15 is 0 Å². The number of hydrogen-bond acceptors (Lipinski definition) is 3. The smallest absolute Gasteiger partial charge is 0.241 e. The van der Waals surface area contributed by atoms with Crippen molar-refractivity contribution < 1.29 is 13.5 Å². The molecule has 1 aromatic carbocycles. The van der Waals surface area contributed by atoms with Gasteiger partial charge in [0.2, 0.25) is 10.0 Å². The van der Waals surface area contributed by atoms with Crippen LogP contribution in [0.25, 0.3) is 0 Å². The van der Waals surface area contributed by atoms with Gasteiger partial charge < -0.3 is 9.67 Å². The summed E-state index contributed by atoms with van der Waals surface area (Å²) in [6.07, 6.45) is 1.44. The minimum Gasteiger partial charge on any atom is -0.387 e. The lowest BCUT2D eigenvalue weighted by Gasteiger charge is -2.13. The summed E-state index contributed by atoms with van der Waals surface area (Å²) >= 11 is 3.22. The first kappa shape index (κ1) is 16.2. The van der Waals surface area contributed by atoms with Crippen molar-refractivity contribution in [2.75, 3.05) is 6.54 Å². The highest BCUT2D eigenvalue weighted by Gasteiger charge is 2.18. The van der Waals surface area contributed by atoms with E-state index in [1.807, 2.05) is 29.9 Å². The van der Waals surface area contributed by atoms with E-state index in [0.29, 0.717) is 10.9 Å². The van der Waals surface area contributed by atoms with Gasteiger partial charge in [-0.25, -0.2) is 13.1 Å². The monoisotopic (exact) mass is 372 g/mol. The molecule has 114 valence electrons. The molecule has 1 aromatic heterocycles. The first-order chi connectivity index (χ1) is 9.92. The Morgan fingerprint density at radius 3 is 2.62 bits per heavy atom. The second-order valence-electron chi connectivity index (χ2n) is 4.68. The Morgan fingerprint density at radius 1 is 1.29 bits per heavy atom. The van der Waals surface area contributed by atoms with Crippen LogP contribution in [0.2, 0.25) is 0 Å². The first-order valence-corrected chi connectivity index (χ1v) is 8.73. The van der Waals surface area contributed by atoms with E-state index in [-0.39, 0.29) is 11.4 Å². The predicted octanol–water partition coefficient (Wildman–Crippen LogP) is 2.19. The van der Waals surface area contributed by atoms with E-state index < -0.39 is 16.1 Å². The molecule has 2 aromatic rings. The maximum absolute atomic E-state index is 12.2. The van der Waals surface area contributed by atoms with Gasteiger partial charge >= 0.3 is 0 Å². The molecule has 0 aliphatic rings. The summed E-state index contributed by atoms with van der Waals surface area (Å²) in [5.41, 5.74) is 0.759. The number of nitrogens with zero attached hydrogens (tertiary/aromatic N) is 1. The van der Waals surface area contributed by atoms with Crippen LogP contribution in [0.5, 0.6) is 0 Å². The van der Waals surface area contributed by atoms with Crippen LogP contribution in [-0.2, 0) is 17.1 Å². The zero-order chi connectivity index (χ0) is 15.5. The molecule has 0 saturated heterocycles. The number of benzene rings is 1. The quantitative estimate of drug-likeness (QED) is 0.816. The van der Waals surface area contributed by atoms with Crippen molar-refractivity contribution in [2.45, 2.75) is 17.4 Å². The molecule has 2 N–H and O–H groups in total. The third-order valence-electron chi connectivity index (χ3n) is 3.16. The van der Waals surface area contributed by atoms with Crippen LogP contribution in [-0.4, -0.2) is 24.6 Å². The molecular weight excluding hydrogens is 356 g/mol. The van der Waals surface area contributed by atoms with E-state index in [1.54, 1.807) is 18.2 Å². The number of halogens is 1. The fraction of sp³-hybridized carbons (Fsp3) is 0.286. The maximum atomic E-state index is 12.2. The van der Waals surface area contributed by atoms with Crippen LogP contribution in [0.15, 0.2) is 52.0 Å². The first-order valence-electron chi connectivity index (χ1n) is 6.45. The molecular formula is C14H17BrN2O3S. The normalized spacial score (nSPS) is 13.3. The summed E-state index contributed by atoms with van der Waals surface area (Å²) in [4.78, 5) is 0.193. The molecule has 0 fully saturated rings. The van der Waals surface area contributed by atoms with Crippen LogP contribution >= 0.6 is 15.9 Å². The van der Waals surface area contributed by atoms with Gasteiger partial charge in [0.25, 0.3) is 0 Å². The fourth-order valence-corrected chi connectivity index (χ4v) is 4.09. The lowest BCUT2D eigenvalue weighted by Crippen LogP contribution is -2.26. The summed E-state index contributed by atoms with van der Waals surface area (Å²) in [6.45, 7) is 0.163. The molecule has 7 heteroatoms. The molecule has 0 aliphatic heterocycles. The number of nitrogens with one attached hydrogen (secondary N) is 1. The van der Waals surface area contributed by atoms with Crippen LogP contribution in [0.3, 0.4) is 0 Å². The molecule has 0 aliphatic carbocycles. The third-order valence-corrected chi connectivity index (χ3v) is 5.63. The van der Waals surface area contributed by atoms with Crippen LogP contribution in [0, 0.1) is 0 Å². The second-order valence-corrected chi connectivity index (χ2v) is 7.27. The summed E-state index contributed by atoms with van der Waals surface area (Å²) < 4.78 is 29.1. The lowest BCUT2D eigenvalue weighted by molar-refractivity contribution is 0.161. The Balaban J connectivity index is 1.97. The molecule has 1 heterocycles. The highest BCUT2D eigenvalue weighted by Crippen LogP contribution is 2.21. The largest absolute Gasteiger partial charge is 0.387 e. The minimum absolute atomic E-state index is 0.163. The molecule has 2 rings (SSSR count). The number of aromatic nitrogens is 1. The minimum atomic E-state index is -3.58. The molecule has 0 spiro atoms. The Hall–Kier alpha value is -1.15. The fourth-order valence-electron chi connectivity index (χ4n) is 2.04. The van der Waals surface area contributed by atoms with Crippen molar-refractivity contribution in [2.24, 2.45) is 7.05 Å². The molecule has 0 amide bonds. The van der Waals surface area contributed by atoms with Crippen LogP contribution in [0.1, 0.15) is 18.2 Å². The van der Waals surface area contributed by atoms with Gasteiger partial charge in [0, 0.05) is 30.0 Å². The van der Waals surface area contributed by atoms with E-state index in [2.05, 4.69) is 20.7 Å². The van der Waals surface area contributed by atoms with Gasteiger partial charge in [0.05, 0.1) is 11.0 Å². The van der Waals surface area contributed by atoms with E-state index in [9.17, 15) is 13.5 Å². The maximum Gasteiger partial charge on any atom is 0.241 e. The molecule has 1 atom stereocenters. The molecule has 21 heavy (non-hydrogen) atoms. The average molecular weight is 373 g/mol. The van der Waals surface area contributed by atoms with Crippen molar-refractivity contribution in [1.82, 2.24) is 9.29 Å². The van der Waals surface area contributed by atoms with Crippen molar-refractivity contribution in [3.63, 3.8) is 0 Å². The zero-order valence-corrected chi connectivity index (χ0v) is 13.9. The van der Waals surface area contributed by atoms with Gasteiger partial charge in [0.15, 0.2) is 0 Å². The lowest BCUT2D eigenvalue weighted by atomic mass is 10.2. The molecule has 0 bridgehead atoms.